The molecular weight excluding hydrogens is 619 g/mol. The van der Waals surface area contributed by atoms with Gasteiger partial charge < -0.3 is 14.3 Å². The summed E-state index contributed by atoms with van der Waals surface area (Å²) in [4.78, 5) is 5.53. The Morgan fingerprint density at radius 3 is 2.22 bits per heavy atom. The zero-order chi connectivity index (χ0) is 32.1. The fraction of sp³-hybridized carbons (Fsp3) is 0.0227. The van der Waals surface area contributed by atoms with Crippen molar-refractivity contribution in [3.05, 3.63) is 163 Å². The number of thiophene rings is 1. The summed E-state index contributed by atoms with van der Waals surface area (Å²) in [5.74, 6) is 1.52. The molecule has 1 aliphatic rings. The third kappa shape index (κ3) is 3.94. The highest BCUT2D eigenvalue weighted by Crippen LogP contribution is 2.47. The number of aromatic nitrogens is 1. The van der Waals surface area contributed by atoms with Crippen molar-refractivity contribution in [3.63, 3.8) is 0 Å². The van der Waals surface area contributed by atoms with Gasteiger partial charge in [-0.25, -0.2) is 4.99 Å². The lowest BCUT2D eigenvalue weighted by molar-refractivity contribution is 0.597. The molecule has 1 atom stereocenters. The molecule has 0 saturated heterocycles. The van der Waals surface area contributed by atoms with Crippen LogP contribution in [0.1, 0.15) is 17.3 Å². The first-order valence-corrected chi connectivity index (χ1v) is 17.4. The zero-order valence-electron chi connectivity index (χ0n) is 26.2. The second kappa shape index (κ2) is 10.2. The van der Waals surface area contributed by atoms with E-state index in [2.05, 4.69) is 155 Å². The minimum atomic E-state index is -0.369. The predicted molar refractivity (Wildman–Crippen MR) is 206 cm³/mol. The van der Waals surface area contributed by atoms with Crippen LogP contribution in [0.4, 0.5) is 5.88 Å². The van der Waals surface area contributed by atoms with Gasteiger partial charge >= 0.3 is 0 Å². The molecule has 3 aromatic heterocycles. The molecule has 5 heteroatoms. The molecule has 7 aromatic carbocycles. The Hall–Kier alpha value is -6.17. The number of nitrogens with zero attached hydrogens (tertiary/aromatic N) is 2. The van der Waals surface area contributed by atoms with Gasteiger partial charge in [0.05, 0.1) is 16.6 Å². The van der Waals surface area contributed by atoms with E-state index in [1.807, 2.05) is 17.4 Å². The van der Waals surface area contributed by atoms with E-state index >= 15 is 0 Å². The van der Waals surface area contributed by atoms with Gasteiger partial charge in [-0.05, 0) is 58.3 Å². The largest absolute Gasteiger partial charge is 0.440 e. The van der Waals surface area contributed by atoms with Crippen LogP contribution in [0.2, 0.25) is 0 Å². The average molecular weight is 646 g/mol. The van der Waals surface area contributed by atoms with Gasteiger partial charge in [0.25, 0.3) is 0 Å². The lowest BCUT2D eigenvalue weighted by Crippen LogP contribution is -2.23. The molecule has 4 heterocycles. The predicted octanol–water partition coefficient (Wildman–Crippen LogP) is 12.1. The second-order valence-electron chi connectivity index (χ2n) is 12.8. The first-order valence-electron chi connectivity index (χ1n) is 16.6. The third-order valence-corrected chi connectivity index (χ3v) is 11.3. The molecule has 0 aliphatic carbocycles. The van der Waals surface area contributed by atoms with Crippen molar-refractivity contribution in [3.8, 4) is 11.1 Å². The van der Waals surface area contributed by atoms with Gasteiger partial charge in [-0.3, -0.25) is 0 Å². The molecule has 49 heavy (non-hydrogen) atoms. The van der Waals surface area contributed by atoms with Crippen LogP contribution in [0, 0.1) is 0 Å². The van der Waals surface area contributed by atoms with E-state index in [1.54, 1.807) is 0 Å². The molecule has 1 N–H and O–H groups in total. The summed E-state index contributed by atoms with van der Waals surface area (Å²) in [5.41, 5.74) is 7.57. The number of aliphatic imine (C=N–C) groups is 1. The Bertz CT molecular complexity index is 2980. The van der Waals surface area contributed by atoms with E-state index in [4.69, 9.17) is 9.41 Å². The van der Waals surface area contributed by atoms with Gasteiger partial charge in [0, 0.05) is 41.9 Å². The number of benzene rings is 7. The van der Waals surface area contributed by atoms with Crippen molar-refractivity contribution in [2.24, 2.45) is 4.99 Å². The Morgan fingerprint density at radius 2 is 1.33 bits per heavy atom. The van der Waals surface area contributed by atoms with Crippen molar-refractivity contribution in [1.82, 2.24) is 4.57 Å². The summed E-state index contributed by atoms with van der Waals surface area (Å²) < 4.78 is 11.7. The Morgan fingerprint density at radius 1 is 0.571 bits per heavy atom. The number of rotatable bonds is 3. The number of fused-ring (bicyclic) bond motifs is 10. The standard InChI is InChI=1S/C44H27N3OS/c1-2-11-26(12-3-1)42-45-43(47-36-19-8-6-15-31(36)34-23-27-13-4-5-14-28(27)25-37(34)47)40-35-24-29(21-22-38(35)48-44(40)46-42)30-17-10-18-33-32-16-7-9-20-39(32)49-41(30)33/h1-25,43H,(H,45,46). The maximum absolute atomic E-state index is 6.69. The minimum absolute atomic E-state index is 0.369. The number of anilines is 1. The van der Waals surface area contributed by atoms with E-state index in [0.29, 0.717) is 0 Å². The Labute approximate surface area is 285 Å². The fourth-order valence-electron chi connectivity index (χ4n) is 7.81. The van der Waals surface area contributed by atoms with Crippen molar-refractivity contribution in [1.29, 1.82) is 0 Å². The summed E-state index contributed by atoms with van der Waals surface area (Å²) in [6.45, 7) is 0. The highest BCUT2D eigenvalue weighted by molar-refractivity contribution is 7.26. The van der Waals surface area contributed by atoms with E-state index in [0.717, 1.165) is 50.4 Å². The maximum atomic E-state index is 6.69. The van der Waals surface area contributed by atoms with E-state index in [9.17, 15) is 0 Å². The highest BCUT2D eigenvalue weighted by Gasteiger charge is 2.32. The lowest BCUT2D eigenvalue weighted by atomic mass is 9.99. The molecule has 0 bridgehead atoms. The molecule has 230 valence electrons. The molecule has 10 aromatic rings. The summed E-state index contributed by atoms with van der Waals surface area (Å²) in [7, 11) is 0. The number of nitrogens with one attached hydrogen (secondary N) is 1. The maximum Gasteiger partial charge on any atom is 0.207 e. The van der Waals surface area contributed by atoms with E-state index < -0.39 is 0 Å². The quantitative estimate of drug-likeness (QED) is 0.208. The number of hydrogen-bond acceptors (Lipinski definition) is 4. The lowest BCUT2D eigenvalue weighted by Gasteiger charge is -2.25. The van der Waals surface area contributed by atoms with Crippen LogP contribution in [0.3, 0.4) is 0 Å². The van der Waals surface area contributed by atoms with Gasteiger partial charge in [-0.15, -0.1) is 11.3 Å². The van der Waals surface area contributed by atoms with Crippen LogP contribution in [-0.4, -0.2) is 10.4 Å². The summed E-state index contributed by atoms with van der Waals surface area (Å²) in [6, 6.07) is 54.2. The van der Waals surface area contributed by atoms with E-state index in [-0.39, 0.29) is 6.17 Å². The van der Waals surface area contributed by atoms with Gasteiger partial charge in [-0.1, -0.05) is 115 Å². The van der Waals surface area contributed by atoms with Crippen LogP contribution in [0.15, 0.2) is 161 Å². The summed E-state index contributed by atoms with van der Waals surface area (Å²) >= 11 is 1.86. The van der Waals surface area contributed by atoms with Crippen LogP contribution < -0.4 is 5.32 Å². The smallest absolute Gasteiger partial charge is 0.207 e. The van der Waals surface area contributed by atoms with E-state index in [1.165, 1.54) is 47.3 Å². The zero-order valence-corrected chi connectivity index (χ0v) is 27.0. The van der Waals surface area contributed by atoms with Gasteiger partial charge in [-0.2, -0.15) is 0 Å². The Kier molecular flexibility index (Phi) is 5.57. The van der Waals surface area contributed by atoms with Crippen molar-refractivity contribution >= 4 is 86.8 Å². The average Bonchev–Trinajstić information content (AvgIpc) is 3.83. The summed E-state index contributed by atoms with van der Waals surface area (Å²) in [6.07, 6.45) is -0.369. The van der Waals surface area contributed by atoms with Crippen molar-refractivity contribution in [2.75, 3.05) is 5.32 Å². The van der Waals surface area contributed by atoms with Gasteiger partial charge in [0.1, 0.15) is 11.4 Å². The molecule has 0 fully saturated rings. The molecule has 4 nitrogen and oxygen atoms in total. The monoisotopic (exact) mass is 645 g/mol. The van der Waals surface area contributed by atoms with Crippen molar-refractivity contribution in [2.45, 2.75) is 6.17 Å². The third-order valence-electron chi connectivity index (χ3n) is 10.1. The topological polar surface area (TPSA) is 42.5 Å². The number of furan rings is 1. The summed E-state index contributed by atoms with van der Waals surface area (Å²) in [5, 5.41) is 12.1. The molecule has 0 spiro atoms. The SMILES string of the molecule is c1ccc(C2=NC(n3c4ccccc4c4cc5ccccc5cc43)c3c(oc4ccc(-c5cccc6c5sc5ccccc56)cc34)N2)cc1. The van der Waals surface area contributed by atoms with Crippen LogP contribution >= 0.6 is 11.3 Å². The molecular formula is C44H27N3OS. The second-order valence-corrected chi connectivity index (χ2v) is 13.8. The molecule has 0 radical (unpaired) electrons. The fourth-order valence-corrected chi connectivity index (χ4v) is 9.05. The van der Waals surface area contributed by atoms with Crippen LogP contribution in [0.5, 0.6) is 0 Å². The normalized spacial score (nSPS) is 14.6. The molecule has 1 aliphatic heterocycles. The van der Waals surface area contributed by atoms with Crippen LogP contribution in [0.25, 0.3) is 74.8 Å². The first-order chi connectivity index (χ1) is 24.3. The van der Waals surface area contributed by atoms with Crippen molar-refractivity contribution < 1.29 is 4.42 Å². The number of para-hydroxylation sites is 1. The molecule has 1 unspecified atom stereocenters. The molecule has 11 rings (SSSR count). The molecule has 0 saturated carbocycles. The number of hydrogen-bond donors (Lipinski definition) is 1. The first kappa shape index (κ1) is 26.9. The highest BCUT2D eigenvalue weighted by atomic mass is 32.1. The Balaban J connectivity index is 1.20. The van der Waals surface area contributed by atoms with Gasteiger partial charge in [0.2, 0.25) is 5.88 Å². The number of amidine groups is 1. The molecule has 0 amide bonds. The van der Waals surface area contributed by atoms with Crippen LogP contribution in [-0.2, 0) is 0 Å². The minimum Gasteiger partial charge on any atom is -0.440 e. The van der Waals surface area contributed by atoms with Gasteiger partial charge in [0.15, 0.2) is 6.17 Å².